The average Bonchev–Trinajstić information content (AvgIpc) is 3.16. The molecule has 1 saturated heterocycles. The summed E-state index contributed by atoms with van der Waals surface area (Å²) >= 11 is 6.07. The van der Waals surface area contributed by atoms with Crippen molar-refractivity contribution in [2.75, 3.05) is 30.8 Å². The minimum atomic E-state index is 0.474. The molecular weight excluding hydrogens is 424 g/mol. The first-order valence-corrected chi connectivity index (χ1v) is 11.1. The van der Waals surface area contributed by atoms with Crippen molar-refractivity contribution in [3.8, 4) is 22.7 Å². The van der Waals surface area contributed by atoms with Gasteiger partial charge in [-0.05, 0) is 55.2 Å². The number of ether oxygens (including phenoxy) is 1. The molecule has 2 N–H and O–H groups in total. The number of fused-ring (bicyclic) bond motifs is 1. The third kappa shape index (κ3) is 3.62. The SMILES string of the molecule is COc1ccccc1-c1nc(N2CCC(C)CC2)nc2nn(-c3ccc(Cl)cc3)c(N)c12. The molecule has 2 aromatic carbocycles. The highest BCUT2D eigenvalue weighted by atomic mass is 35.5. The highest BCUT2D eigenvalue weighted by Crippen LogP contribution is 2.38. The Hall–Kier alpha value is -3.32. The molecule has 32 heavy (non-hydrogen) atoms. The van der Waals surface area contributed by atoms with Crippen LogP contribution in [0.4, 0.5) is 11.8 Å². The van der Waals surface area contributed by atoms with E-state index in [2.05, 4.69) is 11.8 Å². The number of nitrogen functional groups attached to an aromatic ring is 1. The van der Waals surface area contributed by atoms with Crippen LogP contribution in [0, 0.1) is 5.92 Å². The van der Waals surface area contributed by atoms with Crippen molar-refractivity contribution >= 4 is 34.4 Å². The van der Waals surface area contributed by atoms with Crippen LogP contribution < -0.4 is 15.4 Å². The first-order chi connectivity index (χ1) is 15.5. The zero-order valence-electron chi connectivity index (χ0n) is 18.1. The Balaban J connectivity index is 1.73. The van der Waals surface area contributed by atoms with Crippen LogP contribution in [0.2, 0.25) is 5.02 Å². The quantitative estimate of drug-likeness (QED) is 0.475. The molecule has 1 aliphatic rings. The maximum absolute atomic E-state index is 6.62. The van der Waals surface area contributed by atoms with Crippen LogP contribution in [-0.4, -0.2) is 39.9 Å². The molecule has 2 aromatic heterocycles. The van der Waals surface area contributed by atoms with Gasteiger partial charge in [0, 0.05) is 23.7 Å². The lowest BCUT2D eigenvalue weighted by molar-refractivity contribution is 0.416. The summed E-state index contributed by atoms with van der Waals surface area (Å²) in [4.78, 5) is 12.0. The Kier molecular flexibility index (Phi) is 5.35. The van der Waals surface area contributed by atoms with E-state index in [1.807, 2.05) is 48.5 Å². The van der Waals surface area contributed by atoms with Crippen LogP contribution in [0.5, 0.6) is 5.75 Å². The van der Waals surface area contributed by atoms with Crippen LogP contribution >= 0.6 is 11.6 Å². The van der Waals surface area contributed by atoms with Gasteiger partial charge in [-0.1, -0.05) is 30.7 Å². The second-order valence-electron chi connectivity index (χ2n) is 8.21. The number of hydrogen-bond donors (Lipinski definition) is 1. The summed E-state index contributed by atoms with van der Waals surface area (Å²) in [5.74, 6) is 2.58. The van der Waals surface area contributed by atoms with Crippen LogP contribution in [0.3, 0.4) is 0 Å². The highest BCUT2D eigenvalue weighted by Gasteiger charge is 2.24. The number of anilines is 2. The Morgan fingerprint density at radius 1 is 1.03 bits per heavy atom. The minimum absolute atomic E-state index is 0.474. The van der Waals surface area contributed by atoms with Crippen molar-refractivity contribution in [3.05, 3.63) is 53.6 Å². The van der Waals surface area contributed by atoms with E-state index in [-0.39, 0.29) is 0 Å². The molecule has 0 amide bonds. The lowest BCUT2D eigenvalue weighted by Gasteiger charge is -2.30. The lowest BCUT2D eigenvalue weighted by Crippen LogP contribution is -2.34. The standard InChI is InChI=1S/C24H25ClN6O/c1-15-11-13-30(14-12-15)24-27-21(18-5-3-4-6-19(18)32-2)20-22(26)31(29-23(20)28-24)17-9-7-16(25)8-10-17/h3-10,15H,11-14,26H2,1-2H3. The molecule has 0 unspecified atom stereocenters. The van der Waals surface area contributed by atoms with E-state index >= 15 is 0 Å². The van der Waals surface area contributed by atoms with Crippen LogP contribution in [0.25, 0.3) is 28.0 Å². The Morgan fingerprint density at radius 3 is 2.47 bits per heavy atom. The Bertz CT molecular complexity index is 1260. The molecule has 164 valence electrons. The molecule has 0 bridgehead atoms. The van der Waals surface area contributed by atoms with Crippen LogP contribution in [0.15, 0.2) is 48.5 Å². The van der Waals surface area contributed by atoms with E-state index in [1.165, 1.54) is 0 Å². The number of piperidine rings is 1. The molecule has 3 heterocycles. The molecule has 1 fully saturated rings. The average molecular weight is 449 g/mol. The van der Waals surface area contributed by atoms with Gasteiger partial charge in [0.1, 0.15) is 11.6 Å². The van der Waals surface area contributed by atoms with E-state index in [1.54, 1.807) is 11.8 Å². The van der Waals surface area contributed by atoms with Gasteiger partial charge in [0.25, 0.3) is 0 Å². The summed E-state index contributed by atoms with van der Waals surface area (Å²) in [7, 11) is 1.66. The largest absolute Gasteiger partial charge is 0.496 e. The van der Waals surface area contributed by atoms with Crippen molar-refractivity contribution in [1.82, 2.24) is 19.7 Å². The number of methoxy groups -OCH3 is 1. The molecule has 0 aliphatic carbocycles. The zero-order valence-corrected chi connectivity index (χ0v) is 18.9. The number of para-hydroxylation sites is 1. The van der Waals surface area contributed by atoms with Gasteiger partial charge in [-0.15, -0.1) is 5.10 Å². The van der Waals surface area contributed by atoms with Crippen molar-refractivity contribution in [2.45, 2.75) is 19.8 Å². The second kappa shape index (κ2) is 8.31. The van der Waals surface area contributed by atoms with E-state index in [4.69, 9.17) is 37.1 Å². The molecule has 0 saturated carbocycles. The molecule has 0 spiro atoms. The topological polar surface area (TPSA) is 82.1 Å². The molecule has 7 nitrogen and oxygen atoms in total. The van der Waals surface area contributed by atoms with Gasteiger partial charge < -0.3 is 15.4 Å². The first-order valence-electron chi connectivity index (χ1n) is 10.8. The molecular formula is C24H25ClN6O. The van der Waals surface area contributed by atoms with Gasteiger partial charge in [0.15, 0.2) is 5.65 Å². The number of aromatic nitrogens is 4. The highest BCUT2D eigenvalue weighted by molar-refractivity contribution is 6.30. The second-order valence-corrected chi connectivity index (χ2v) is 8.65. The van der Waals surface area contributed by atoms with E-state index < -0.39 is 0 Å². The van der Waals surface area contributed by atoms with Crippen molar-refractivity contribution in [2.24, 2.45) is 5.92 Å². The number of nitrogens with zero attached hydrogens (tertiary/aromatic N) is 5. The maximum Gasteiger partial charge on any atom is 0.228 e. The number of rotatable bonds is 4. The third-order valence-corrected chi connectivity index (χ3v) is 6.31. The van der Waals surface area contributed by atoms with Gasteiger partial charge in [0.05, 0.1) is 23.9 Å². The predicted octanol–water partition coefficient (Wildman–Crippen LogP) is 4.96. The summed E-state index contributed by atoms with van der Waals surface area (Å²) in [5.41, 5.74) is 9.56. The van der Waals surface area contributed by atoms with Gasteiger partial charge in [0.2, 0.25) is 5.95 Å². The molecule has 1 aliphatic heterocycles. The van der Waals surface area contributed by atoms with E-state index in [0.29, 0.717) is 33.7 Å². The number of hydrogen-bond acceptors (Lipinski definition) is 6. The summed E-state index contributed by atoms with van der Waals surface area (Å²) < 4.78 is 7.33. The predicted molar refractivity (Wildman–Crippen MR) is 129 cm³/mol. The Labute approximate surface area is 191 Å². The maximum atomic E-state index is 6.62. The van der Waals surface area contributed by atoms with Gasteiger partial charge in [-0.25, -0.2) is 9.67 Å². The van der Waals surface area contributed by atoms with Gasteiger partial charge in [-0.3, -0.25) is 0 Å². The van der Waals surface area contributed by atoms with E-state index in [9.17, 15) is 0 Å². The summed E-state index contributed by atoms with van der Waals surface area (Å²) in [5, 5.41) is 6.11. The molecule has 5 rings (SSSR count). The molecule has 0 radical (unpaired) electrons. The molecule has 8 heteroatoms. The summed E-state index contributed by atoms with van der Waals surface area (Å²) in [6, 6.07) is 15.2. The fourth-order valence-electron chi connectivity index (χ4n) is 4.16. The van der Waals surface area contributed by atoms with Crippen LogP contribution in [0.1, 0.15) is 19.8 Å². The zero-order chi connectivity index (χ0) is 22.2. The lowest BCUT2D eigenvalue weighted by atomic mass is 9.99. The third-order valence-electron chi connectivity index (χ3n) is 6.06. The number of nitrogens with two attached hydrogens (primary N) is 1. The smallest absolute Gasteiger partial charge is 0.228 e. The fourth-order valence-corrected chi connectivity index (χ4v) is 4.29. The Morgan fingerprint density at radius 2 is 1.75 bits per heavy atom. The molecule has 0 atom stereocenters. The van der Waals surface area contributed by atoms with Gasteiger partial charge in [-0.2, -0.15) is 4.98 Å². The van der Waals surface area contributed by atoms with Crippen molar-refractivity contribution in [3.63, 3.8) is 0 Å². The summed E-state index contributed by atoms with van der Waals surface area (Å²) in [6.45, 7) is 4.13. The van der Waals surface area contributed by atoms with Gasteiger partial charge >= 0.3 is 0 Å². The van der Waals surface area contributed by atoms with E-state index in [0.717, 1.165) is 48.6 Å². The molecule has 4 aromatic rings. The number of benzene rings is 2. The summed E-state index contributed by atoms with van der Waals surface area (Å²) in [6.07, 6.45) is 2.24. The van der Waals surface area contributed by atoms with Crippen LogP contribution in [-0.2, 0) is 0 Å². The first kappa shape index (κ1) is 20.6. The van der Waals surface area contributed by atoms with Crippen molar-refractivity contribution in [1.29, 1.82) is 0 Å². The van der Waals surface area contributed by atoms with Crippen molar-refractivity contribution < 1.29 is 4.74 Å². The fraction of sp³-hybridized carbons (Fsp3) is 0.292. The minimum Gasteiger partial charge on any atom is -0.496 e. The normalized spacial score (nSPS) is 14.8. The monoisotopic (exact) mass is 448 g/mol. The number of halogens is 1.